The number of rotatable bonds is 8. The van der Waals surface area contributed by atoms with Crippen LogP contribution >= 0.6 is 0 Å². The minimum absolute atomic E-state index is 0.167. The molecule has 0 aliphatic carbocycles. The maximum atomic E-state index is 13.7. The Bertz CT molecular complexity index is 889. The fourth-order valence-electron chi connectivity index (χ4n) is 2.94. The van der Waals surface area contributed by atoms with Gasteiger partial charge in [-0.3, -0.25) is 4.79 Å². The zero-order valence-corrected chi connectivity index (χ0v) is 14.9. The third-order valence-electron chi connectivity index (χ3n) is 4.33. The third kappa shape index (κ3) is 5.42. The Morgan fingerprint density at radius 1 is 0.963 bits per heavy atom. The van der Waals surface area contributed by atoms with E-state index in [1.807, 2.05) is 54.6 Å². The number of ether oxygens (including phenoxy) is 1. The molecule has 3 rings (SSSR count). The Hall–Kier alpha value is -3.14. The molecule has 0 bridgehead atoms. The molecule has 0 radical (unpaired) electrons. The van der Waals surface area contributed by atoms with E-state index in [1.165, 1.54) is 12.1 Å². The zero-order chi connectivity index (χ0) is 19.1. The smallest absolute Gasteiger partial charge is 0.303 e. The van der Waals surface area contributed by atoms with Gasteiger partial charge in [0.1, 0.15) is 18.2 Å². The summed E-state index contributed by atoms with van der Waals surface area (Å²) in [5.74, 6) is -0.374. The lowest BCUT2D eigenvalue weighted by atomic mass is 10.00. The summed E-state index contributed by atoms with van der Waals surface area (Å²) in [5.41, 5.74) is 3.82. The number of aryl methyl sites for hydroxylation is 1. The molecule has 4 heteroatoms. The monoisotopic (exact) mass is 364 g/mol. The summed E-state index contributed by atoms with van der Waals surface area (Å²) in [7, 11) is 0. The molecule has 0 atom stereocenters. The lowest BCUT2D eigenvalue weighted by Crippen LogP contribution is -1.99. The van der Waals surface area contributed by atoms with E-state index >= 15 is 0 Å². The first kappa shape index (κ1) is 18.6. The molecule has 27 heavy (non-hydrogen) atoms. The zero-order valence-electron chi connectivity index (χ0n) is 14.9. The van der Waals surface area contributed by atoms with Crippen LogP contribution in [0.4, 0.5) is 4.39 Å². The second kappa shape index (κ2) is 8.99. The quantitative estimate of drug-likeness (QED) is 0.576. The van der Waals surface area contributed by atoms with Crippen LogP contribution < -0.4 is 4.74 Å². The topological polar surface area (TPSA) is 46.5 Å². The maximum Gasteiger partial charge on any atom is 0.303 e. The largest absolute Gasteiger partial charge is 0.489 e. The van der Waals surface area contributed by atoms with Gasteiger partial charge in [0.2, 0.25) is 0 Å². The summed E-state index contributed by atoms with van der Waals surface area (Å²) < 4.78 is 19.6. The molecule has 3 aromatic carbocycles. The minimum Gasteiger partial charge on any atom is -0.489 e. The molecule has 0 saturated heterocycles. The van der Waals surface area contributed by atoms with E-state index in [0.717, 1.165) is 22.3 Å². The number of aliphatic carboxylic acids is 1. The van der Waals surface area contributed by atoms with Gasteiger partial charge >= 0.3 is 5.97 Å². The van der Waals surface area contributed by atoms with Crippen molar-refractivity contribution in [2.75, 3.05) is 0 Å². The van der Waals surface area contributed by atoms with Crippen LogP contribution in [0.3, 0.4) is 0 Å². The van der Waals surface area contributed by atoms with E-state index in [2.05, 4.69) is 0 Å². The third-order valence-corrected chi connectivity index (χ3v) is 4.33. The Kier molecular flexibility index (Phi) is 6.21. The first-order chi connectivity index (χ1) is 13.1. The normalized spacial score (nSPS) is 10.6. The number of hydrogen-bond acceptors (Lipinski definition) is 2. The van der Waals surface area contributed by atoms with Gasteiger partial charge < -0.3 is 9.84 Å². The summed E-state index contributed by atoms with van der Waals surface area (Å²) in [4.78, 5) is 10.6. The molecule has 0 amide bonds. The number of benzene rings is 3. The highest BCUT2D eigenvalue weighted by molar-refractivity contribution is 5.67. The Balaban J connectivity index is 1.66. The Morgan fingerprint density at radius 2 is 1.70 bits per heavy atom. The van der Waals surface area contributed by atoms with Gasteiger partial charge in [0, 0.05) is 6.42 Å². The van der Waals surface area contributed by atoms with Crippen molar-refractivity contribution in [3.8, 4) is 16.9 Å². The predicted molar refractivity (Wildman–Crippen MR) is 103 cm³/mol. The lowest BCUT2D eigenvalue weighted by molar-refractivity contribution is -0.137. The molecule has 0 saturated carbocycles. The maximum absolute atomic E-state index is 13.7. The number of carboxylic acids is 1. The molecule has 0 unspecified atom stereocenters. The SMILES string of the molecule is O=C(O)CCCc1ccc(OCc2cc(F)ccc2-c2ccccc2)cc1. The Morgan fingerprint density at radius 3 is 2.41 bits per heavy atom. The molecule has 0 spiro atoms. The molecule has 3 aromatic rings. The van der Waals surface area contributed by atoms with Gasteiger partial charge in [0.25, 0.3) is 0 Å². The molecule has 0 heterocycles. The van der Waals surface area contributed by atoms with E-state index in [1.54, 1.807) is 6.07 Å². The summed E-state index contributed by atoms with van der Waals surface area (Å²) in [6.07, 6.45) is 1.49. The van der Waals surface area contributed by atoms with Crippen molar-refractivity contribution in [3.63, 3.8) is 0 Å². The van der Waals surface area contributed by atoms with Gasteiger partial charge in [-0.2, -0.15) is 0 Å². The first-order valence-electron chi connectivity index (χ1n) is 8.89. The van der Waals surface area contributed by atoms with Crippen LogP contribution in [0.1, 0.15) is 24.0 Å². The molecule has 0 aliphatic rings. The van der Waals surface area contributed by atoms with Crippen molar-refractivity contribution >= 4 is 5.97 Å². The van der Waals surface area contributed by atoms with Gasteiger partial charge in [0.15, 0.2) is 0 Å². The van der Waals surface area contributed by atoms with Crippen molar-refractivity contribution in [2.45, 2.75) is 25.9 Å². The van der Waals surface area contributed by atoms with Gasteiger partial charge in [-0.15, -0.1) is 0 Å². The molecular weight excluding hydrogens is 343 g/mol. The van der Waals surface area contributed by atoms with E-state index in [9.17, 15) is 9.18 Å². The average molecular weight is 364 g/mol. The van der Waals surface area contributed by atoms with E-state index in [0.29, 0.717) is 18.6 Å². The highest BCUT2D eigenvalue weighted by Gasteiger charge is 2.08. The standard InChI is InChI=1S/C23H21FO3/c24-20-11-14-22(18-6-2-1-3-7-18)19(15-20)16-27-21-12-9-17(10-13-21)5-4-8-23(25)26/h1-3,6-7,9-15H,4-5,8,16H2,(H,25,26). The second-order valence-electron chi connectivity index (χ2n) is 6.35. The van der Waals surface area contributed by atoms with Crippen LogP contribution in [0.5, 0.6) is 5.75 Å². The molecular formula is C23H21FO3. The van der Waals surface area contributed by atoms with Gasteiger partial charge in [0.05, 0.1) is 0 Å². The van der Waals surface area contributed by atoms with Crippen LogP contribution in [0, 0.1) is 5.82 Å². The fraction of sp³-hybridized carbons (Fsp3) is 0.174. The minimum atomic E-state index is -0.778. The molecule has 3 nitrogen and oxygen atoms in total. The van der Waals surface area contributed by atoms with Crippen LogP contribution in [0.2, 0.25) is 0 Å². The van der Waals surface area contributed by atoms with E-state index < -0.39 is 5.97 Å². The summed E-state index contributed by atoms with van der Waals surface area (Å²) in [5, 5.41) is 8.69. The first-order valence-corrected chi connectivity index (χ1v) is 8.89. The van der Waals surface area contributed by atoms with Crippen LogP contribution in [0.25, 0.3) is 11.1 Å². The second-order valence-corrected chi connectivity index (χ2v) is 6.35. The summed E-state index contributed by atoms with van der Waals surface area (Å²) in [6.45, 7) is 0.264. The molecule has 138 valence electrons. The molecule has 0 fully saturated rings. The van der Waals surface area contributed by atoms with Gasteiger partial charge in [-0.25, -0.2) is 4.39 Å². The highest BCUT2D eigenvalue weighted by atomic mass is 19.1. The Labute approximate surface area is 158 Å². The number of carboxylic acid groups (broad SMARTS) is 1. The summed E-state index contributed by atoms with van der Waals surface area (Å²) in [6, 6.07) is 22.1. The van der Waals surface area contributed by atoms with Crippen molar-refractivity contribution in [3.05, 3.63) is 89.7 Å². The van der Waals surface area contributed by atoms with Crippen LogP contribution in [-0.2, 0) is 17.8 Å². The van der Waals surface area contributed by atoms with Crippen molar-refractivity contribution in [1.82, 2.24) is 0 Å². The highest BCUT2D eigenvalue weighted by Crippen LogP contribution is 2.26. The number of halogens is 1. The van der Waals surface area contributed by atoms with E-state index in [-0.39, 0.29) is 18.8 Å². The number of carbonyl (C=O) groups is 1. The van der Waals surface area contributed by atoms with Crippen molar-refractivity contribution in [2.24, 2.45) is 0 Å². The van der Waals surface area contributed by atoms with E-state index in [4.69, 9.17) is 9.84 Å². The van der Waals surface area contributed by atoms with Crippen molar-refractivity contribution in [1.29, 1.82) is 0 Å². The molecule has 1 N–H and O–H groups in total. The van der Waals surface area contributed by atoms with Gasteiger partial charge in [-0.1, -0.05) is 48.5 Å². The molecule has 0 aliphatic heterocycles. The van der Waals surface area contributed by atoms with Gasteiger partial charge in [-0.05, 0) is 59.4 Å². The summed E-state index contributed by atoms with van der Waals surface area (Å²) >= 11 is 0. The molecule has 0 aromatic heterocycles. The number of hydrogen-bond donors (Lipinski definition) is 1. The predicted octanol–water partition coefficient (Wildman–Crippen LogP) is 5.48. The van der Waals surface area contributed by atoms with Crippen LogP contribution in [-0.4, -0.2) is 11.1 Å². The lowest BCUT2D eigenvalue weighted by Gasteiger charge is -2.12. The average Bonchev–Trinajstić information content (AvgIpc) is 2.68. The fourth-order valence-corrected chi connectivity index (χ4v) is 2.94. The van der Waals surface area contributed by atoms with Crippen molar-refractivity contribution < 1.29 is 19.0 Å². The van der Waals surface area contributed by atoms with Crippen LogP contribution in [0.15, 0.2) is 72.8 Å².